The molecule has 2 aromatic heterocycles. The van der Waals surface area contributed by atoms with Gasteiger partial charge in [0.2, 0.25) is 0 Å². The predicted molar refractivity (Wildman–Crippen MR) is 106 cm³/mol. The number of hydrogen-bond donors (Lipinski definition) is 2. The van der Waals surface area contributed by atoms with E-state index in [1.807, 2.05) is 54.6 Å². The Balaban J connectivity index is 1.75. The lowest BCUT2D eigenvalue weighted by atomic mass is 10.1. The molecule has 4 rings (SSSR count). The van der Waals surface area contributed by atoms with Crippen molar-refractivity contribution in [2.24, 2.45) is 0 Å². The minimum atomic E-state index is -0.952. The van der Waals surface area contributed by atoms with Crippen LogP contribution in [0.3, 0.4) is 0 Å². The molecular formula is C21H18N4O3. The highest BCUT2D eigenvalue weighted by Crippen LogP contribution is 2.35. The Morgan fingerprint density at radius 3 is 2.43 bits per heavy atom. The van der Waals surface area contributed by atoms with Crippen molar-refractivity contribution in [2.45, 2.75) is 13.0 Å². The first-order valence-electron chi connectivity index (χ1n) is 8.72. The van der Waals surface area contributed by atoms with E-state index < -0.39 is 12.0 Å². The van der Waals surface area contributed by atoms with Gasteiger partial charge in [0.05, 0.1) is 5.39 Å². The number of carbonyl (C=O) groups is 1. The van der Waals surface area contributed by atoms with E-state index in [9.17, 15) is 9.90 Å². The molecule has 140 valence electrons. The van der Waals surface area contributed by atoms with Gasteiger partial charge in [-0.25, -0.2) is 14.8 Å². The minimum Gasteiger partial charge on any atom is -0.480 e. The van der Waals surface area contributed by atoms with E-state index in [2.05, 4.69) is 9.97 Å². The number of benzene rings is 2. The van der Waals surface area contributed by atoms with Crippen molar-refractivity contribution in [1.29, 1.82) is 0 Å². The molecular weight excluding hydrogens is 356 g/mol. The van der Waals surface area contributed by atoms with Gasteiger partial charge in [0.25, 0.3) is 0 Å². The zero-order valence-corrected chi connectivity index (χ0v) is 15.1. The highest BCUT2D eigenvalue weighted by atomic mass is 16.5. The molecule has 3 N–H and O–H groups in total. The first-order chi connectivity index (χ1) is 13.5. The molecule has 0 aliphatic carbocycles. The van der Waals surface area contributed by atoms with Crippen LogP contribution in [0.5, 0.6) is 11.5 Å². The van der Waals surface area contributed by atoms with Crippen molar-refractivity contribution in [1.82, 2.24) is 14.5 Å². The highest BCUT2D eigenvalue weighted by Gasteiger charge is 2.21. The lowest BCUT2D eigenvalue weighted by Crippen LogP contribution is -2.15. The van der Waals surface area contributed by atoms with Gasteiger partial charge < -0.3 is 20.1 Å². The number of aromatic nitrogens is 3. The molecule has 0 saturated carbocycles. The smallest absolute Gasteiger partial charge is 0.326 e. The average Bonchev–Trinajstić information content (AvgIpc) is 3.09. The lowest BCUT2D eigenvalue weighted by Gasteiger charge is -2.09. The van der Waals surface area contributed by atoms with Gasteiger partial charge >= 0.3 is 5.97 Å². The minimum absolute atomic E-state index is 0.306. The van der Waals surface area contributed by atoms with Gasteiger partial charge in [-0.15, -0.1) is 0 Å². The standard InChI is InChI=1S/C21H18N4O3/c1-13(21(26)27)25-11-17(18-19(22)23-12-24-20(18)25)14-7-9-16(10-8-14)28-15-5-3-2-4-6-15/h2-13H,1H3,(H,26,27)(H2,22,23,24). The monoisotopic (exact) mass is 374 g/mol. The number of nitrogen functional groups attached to an aromatic ring is 1. The molecule has 0 aliphatic rings. The number of para-hydroxylation sites is 1. The number of rotatable bonds is 5. The molecule has 28 heavy (non-hydrogen) atoms. The summed E-state index contributed by atoms with van der Waals surface area (Å²) < 4.78 is 7.42. The molecule has 0 saturated heterocycles. The number of aliphatic carboxylic acids is 1. The molecule has 0 aliphatic heterocycles. The Kier molecular flexibility index (Phi) is 4.41. The molecule has 7 heteroatoms. The number of anilines is 1. The highest BCUT2D eigenvalue weighted by molar-refractivity contribution is 6.01. The van der Waals surface area contributed by atoms with E-state index in [0.29, 0.717) is 22.6 Å². The van der Waals surface area contributed by atoms with Gasteiger partial charge in [-0.2, -0.15) is 0 Å². The molecule has 0 bridgehead atoms. The third-order valence-corrected chi connectivity index (χ3v) is 4.56. The van der Waals surface area contributed by atoms with Crippen LogP contribution in [0.2, 0.25) is 0 Å². The van der Waals surface area contributed by atoms with E-state index in [1.54, 1.807) is 17.7 Å². The topological polar surface area (TPSA) is 103 Å². The van der Waals surface area contributed by atoms with Gasteiger partial charge in [0.1, 0.15) is 35.3 Å². The summed E-state index contributed by atoms with van der Waals surface area (Å²) in [6.45, 7) is 1.60. The van der Waals surface area contributed by atoms with Crippen LogP contribution < -0.4 is 10.5 Å². The fourth-order valence-electron chi connectivity index (χ4n) is 3.07. The number of nitrogens with two attached hydrogens (primary N) is 1. The second kappa shape index (κ2) is 7.03. The molecule has 2 heterocycles. The van der Waals surface area contributed by atoms with Gasteiger partial charge in [-0.05, 0) is 36.8 Å². The van der Waals surface area contributed by atoms with Crippen LogP contribution in [-0.4, -0.2) is 25.6 Å². The molecule has 4 aromatic rings. The molecule has 1 atom stereocenters. The predicted octanol–water partition coefficient (Wildman–Crippen LogP) is 4.12. The zero-order valence-electron chi connectivity index (χ0n) is 15.1. The first kappa shape index (κ1) is 17.5. The third-order valence-electron chi connectivity index (χ3n) is 4.56. The maximum Gasteiger partial charge on any atom is 0.326 e. The largest absolute Gasteiger partial charge is 0.480 e. The zero-order chi connectivity index (χ0) is 19.7. The molecule has 1 unspecified atom stereocenters. The Labute approximate surface area is 161 Å². The van der Waals surface area contributed by atoms with Crippen LogP contribution in [0.4, 0.5) is 5.82 Å². The maximum absolute atomic E-state index is 11.5. The van der Waals surface area contributed by atoms with Gasteiger partial charge in [0, 0.05) is 11.8 Å². The van der Waals surface area contributed by atoms with Crippen LogP contribution in [0, 0.1) is 0 Å². The second-order valence-electron chi connectivity index (χ2n) is 6.36. The van der Waals surface area contributed by atoms with Crippen molar-refractivity contribution in [3.63, 3.8) is 0 Å². The fourth-order valence-corrected chi connectivity index (χ4v) is 3.07. The number of fused-ring (bicyclic) bond motifs is 1. The van der Waals surface area contributed by atoms with Crippen LogP contribution >= 0.6 is 0 Å². The fraction of sp³-hybridized carbons (Fsp3) is 0.0952. The van der Waals surface area contributed by atoms with Crippen molar-refractivity contribution >= 4 is 22.8 Å². The summed E-state index contributed by atoms with van der Waals surface area (Å²) in [6, 6.07) is 16.2. The van der Waals surface area contributed by atoms with Crippen LogP contribution in [0.25, 0.3) is 22.2 Å². The van der Waals surface area contributed by atoms with Gasteiger partial charge in [-0.3, -0.25) is 0 Å². The SMILES string of the molecule is CC(C(=O)O)n1cc(-c2ccc(Oc3ccccc3)cc2)c2c(N)ncnc21. The Morgan fingerprint density at radius 2 is 1.75 bits per heavy atom. The summed E-state index contributed by atoms with van der Waals surface area (Å²) in [5.41, 5.74) is 8.20. The maximum atomic E-state index is 11.5. The normalized spacial score (nSPS) is 12.0. The van der Waals surface area contributed by atoms with Crippen LogP contribution in [-0.2, 0) is 4.79 Å². The molecule has 2 aromatic carbocycles. The van der Waals surface area contributed by atoms with Crippen molar-refractivity contribution < 1.29 is 14.6 Å². The summed E-state index contributed by atoms with van der Waals surface area (Å²) in [5, 5.41) is 10.0. The number of ether oxygens (including phenoxy) is 1. The van der Waals surface area contributed by atoms with E-state index in [-0.39, 0.29) is 0 Å². The number of carboxylic acid groups (broad SMARTS) is 1. The van der Waals surface area contributed by atoms with Gasteiger partial charge in [-0.1, -0.05) is 30.3 Å². The summed E-state index contributed by atoms with van der Waals surface area (Å²) in [6.07, 6.45) is 3.09. The molecule has 0 radical (unpaired) electrons. The quantitative estimate of drug-likeness (QED) is 0.545. The van der Waals surface area contributed by atoms with Crippen molar-refractivity contribution in [3.8, 4) is 22.6 Å². The first-order valence-corrected chi connectivity index (χ1v) is 8.72. The van der Waals surface area contributed by atoms with E-state index >= 15 is 0 Å². The van der Waals surface area contributed by atoms with E-state index in [0.717, 1.165) is 16.9 Å². The molecule has 7 nitrogen and oxygen atoms in total. The summed E-state index contributed by atoms with van der Waals surface area (Å²) >= 11 is 0. The second-order valence-corrected chi connectivity index (χ2v) is 6.36. The third kappa shape index (κ3) is 3.14. The lowest BCUT2D eigenvalue weighted by molar-refractivity contribution is -0.140. The summed E-state index contributed by atoms with van der Waals surface area (Å²) in [4.78, 5) is 19.8. The average molecular weight is 374 g/mol. The molecule has 0 amide bonds. The Hall–Kier alpha value is -3.87. The molecule has 0 spiro atoms. The van der Waals surface area contributed by atoms with E-state index in [1.165, 1.54) is 6.33 Å². The van der Waals surface area contributed by atoms with Crippen molar-refractivity contribution in [2.75, 3.05) is 5.73 Å². The van der Waals surface area contributed by atoms with Crippen LogP contribution in [0.1, 0.15) is 13.0 Å². The van der Waals surface area contributed by atoms with Crippen molar-refractivity contribution in [3.05, 3.63) is 67.1 Å². The van der Waals surface area contributed by atoms with E-state index in [4.69, 9.17) is 10.5 Å². The Bertz CT molecular complexity index is 1140. The Morgan fingerprint density at radius 1 is 1.07 bits per heavy atom. The number of carboxylic acids is 1. The molecule has 0 fully saturated rings. The summed E-state index contributed by atoms with van der Waals surface area (Å²) in [5.74, 6) is 0.801. The van der Waals surface area contributed by atoms with Gasteiger partial charge in [0.15, 0.2) is 0 Å². The number of hydrogen-bond acceptors (Lipinski definition) is 5. The summed E-state index contributed by atoms with van der Waals surface area (Å²) in [7, 11) is 0. The van der Waals surface area contributed by atoms with Crippen LogP contribution in [0.15, 0.2) is 67.1 Å². The number of nitrogens with zero attached hydrogens (tertiary/aromatic N) is 3.